The average Bonchev–Trinajstić information content (AvgIpc) is 2.79. The van der Waals surface area contributed by atoms with Gasteiger partial charge in [-0.15, -0.1) is 0 Å². The lowest BCUT2D eigenvalue weighted by Gasteiger charge is -2.32. The van der Waals surface area contributed by atoms with E-state index < -0.39 is 11.0 Å². The van der Waals surface area contributed by atoms with Crippen LogP contribution in [0.5, 0.6) is 0 Å². The van der Waals surface area contributed by atoms with Crippen molar-refractivity contribution < 1.29 is 14.5 Å². The van der Waals surface area contributed by atoms with Gasteiger partial charge in [-0.1, -0.05) is 12.1 Å². The molecule has 1 fully saturated rings. The summed E-state index contributed by atoms with van der Waals surface area (Å²) >= 11 is 0. The number of nitro benzene ring substituents is 1. The van der Waals surface area contributed by atoms with Gasteiger partial charge in [-0.25, -0.2) is 4.79 Å². The van der Waals surface area contributed by atoms with E-state index in [-0.39, 0.29) is 35.3 Å². The molecule has 8 heteroatoms. The van der Waals surface area contributed by atoms with Crippen molar-refractivity contribution in [2.24, 2.45) is 0 Å². The summed E-state index contributed by atoms with van der Waals surface area (Å²) in [5, 5.41) is 16.1. The third kappa shape index (κ3) is 3.97. The molecule has 2 N–H and O–H groups in total. The third-order valence-corrected chi connectivity index (χ3v) is 3.62. The van der Waals surface area contributed by atoms with Gasteiger partial charge in [0.1, 0.15) is 5.69 Å². The van der Waals surface area contributed by atoms with E-state index in [9.17, 15) is 19.7 Å². The minimum absolute atomic E-state index is 0.0199. The number of benzene rings is 1. The molecule has 1 unspecified atom stereocenters. The zero-order valence-electron chi connectivity index (χ0n) is 13.3. The van der Waals surface area contributed by atoms with Crippen molar-refractivity contribution in [2.75, 3.05) is 11.9 Å². The van der Waals surface area contributed by atoms with Crippen LogP contribution in [0, 0.1) is 10.1 Å². The van der Waals surface area contributed by atoms with Crippen molar-refractivity contribution in [3.8, 4) is 0 Å². The van der Waals surface area contributed by atoms with E-state index in [1.54, 1.807) is 11.0 Å². The van der Waals surface area contributed by atoms with E-state index in [0.717, 1.165) is 0 Å². The van der Waals surface area contributed by atoms with Gasteiger partial charge in [-0.3, -0.25) is 14.9 Å². The minimum atomic E-state index is -0.562. The fraction of sp³-hybridized carbons (Fsp3) is 0.467. The predicted octanol–water partition coefficient (Wildman–Crippen LogP) is 2.12. The number of likely N-dealkylation sites (tertiary alicyclic amines) is 1. The summed E-state index contributed by atoms with van der Waals surface area (Å²) in [5.74, 6) is -0.0199. The highest BCUT2D eigenvalue weighted by Gasteiger charge is 2.36. The lowest BCUT2D eigenvalue weighted by atomic mass is 10.1. The SMILES string of the molecule is CC(C)(C)N1CC(NC(=O)Nc2ccccc2[N+](=O)[O-])CC1=O. The Morgan fingerprint density at radius 3 is 2.57 bits per heavy atom. The normalized spacial score (nSPS) is 18.0. The number of rotatable bonds is 3. The Hall–Kier alpha value is -2.64. The zero-order valence-corrected chi connectivity index (χ0v) is 13.3. The number of urea groups is 1. The Morgan fingerprint density at radius 2 is 2.00 bits per heavy atom. The Labute approximate surface area is 134 Å². The number of hydrogen-bond donors (Lipinski definition) is 2. The van der Waals surface area contributed by atoms with Crippen LogP contribution in [-0.2, 0) is 4.79 Å². The summed E-state index contributed by atoms with van der Waals surface area (Å²) in [7, 11) is 0. The Balaban J connectivity index is 1.99. The molecule has 0 aliphatic carbocycles. The molecule has 0 bridgehead atoms. The molecule has 2 rings (SSSR count). The van der Waals surface area contributed by atoms with Crippen molar-refractivity contribution in [3.05, 3.63) is 34.4 Å². The number of amides is 3. The molecule has 3 amide bonds. The molecule has 0 radical (unpaired) electrons. The molecule has 1 atom stereocenters. The van der Waals surface area contributed by atoms with Crippen molar-refractivity contribution in [1.29, 1.82) is 0 Å². The van der Waals surface area contributed by atoms with Crippen molar-refractivity contribution in [3.63, 3.8) is 0 Å². The van der Waals surface area contributed by atoms with Crippen molar-refractivity contribution in [1.82, 2.24) is 10.2 Å². The van der Waals surface area contributed by atoms with Gasteiger partial charge in [-0.05, 0) is 26.8 Å². The smallest absolute Gasteiger partial charge is 0.319 e. The van der Waals surface area contributed by atoms with Crippen LogP contribution in [0.25, 0.3) is 0 Å². The third-order valence-electron chi connectivity index (χ3n) is 3.62. The molecule has 1 saturated heterocycles. The second-order valence-electron chi connectivity index (χ2n) is 6.45. The lowest BCUT2D eigenvalue weighted by molar-refractivity contribution is -0.383. The molecular weight excluding hydrogens is 300 g/mol. The molecule has 1 heterocycles. The molecule has 0 aromatic heterocycles. The molecule has 1 aromatic rings. The maximum Gasteiger partial charge on any atom is 0.319 e. The summed E-state index contributed by atoms with van der Waals surface area (Å²) in [6, 6.07) is 5.02. The maximum atomic E-state index is 12.0. The molecule has 8 nitrogen and oxygen atoms in total. The highest BCUT2D eigenvalue weighted by atomic mass is 16.6. The van der Waals surface area contributed by atoms with Crippen molar-refractivity contribution in [2.45, 2.75) is 38.8 Å². The van der Waals surface area contributed by atoms with Gasteiger partial charge >= 0.3 is 6.03 Å². The quantitative estimate of drug-likeness (QED) is 0.657. The average molecular weight is 320 g/mol. The Bertz CT molecular complexity index is 639. The fourth-order valence-electron chi connectivity index (χ4n) is 2.53. The fourth-order valence-corrected chi connectivity index (χ4v) is 2.53. The number of nitrogens with zero attached hydrogens (tertiary/aromatic N) is 2. The zero-order chi connectivity index (χ0) is 17.2. The largest absolute Gasteiger partial charge is 0.336 e. The standard InChI is InChI=1S/C15H20N4O4/c1-15(2,3)18-9-10(8-13(18)20)16-14(21)17-11-6-4-5-7-12(11)19(22)23/h4-7,10H,8-9H2,1-3H3,(H2,16,17,21). The first-order valence-corrected chi connectivity index (χ1v) is 7.30. The molecule has 23 heavy (non-hydrogen) atoms. The number of carbonyl (C=O) groups excluding carboxylic acids is 2. The maximum absolute atomic E-state index is 12.0. The van der Waals surface area contributed by atoms with Gasteiger partial charge < -0.3 is 15.5 Å². The first-order valence-electron chi connectivity index (χ1n) is 7.30. The Kier molecular flexibility index (Phi) is 4.53. The number of carbonyl (C=O) groups is 2. The highest BCUT2D eigenvalue weighted by molar-refractivity contribution is 5.92. The summed E-state index contributed by atoms with van der Waals surface area (Å²) < 4.78 is 0. The van der Waals surface area contributed by atoms with Gasteiger partial charge in [0.05, 0.1) is 11.0 Å². The summed E-state index contributed by atoms with van der Waals surface area (Å²) in [6.07, 6.45) is 0.224. The van der Waals surface area contributed by atoms with E-state index in [4.69, 9.17) is 0 Å². The van der Waals surface area contributed by atoms with Crippen molar-refractivity contribution >= 4 is 23.3 Å². The number of para-hydroxylation sites is 2. The molecule has 1 aliphatic heterocycles. The van der Waals surface area contributed by atoms with Gasteiger partial charge in [-0.2, -0.15) is 0 Å². The monoisotopic (exact) mass is 320 g/mol. The number of nitro groups is 1. The van der Waals surface area contributed by atoms with Gasteiger partial charge in [0.15, 0.2) is 0 Å². The van der Waals surface area contributed by atoms with Crippen LogP contribution in [0.3, 0.4) is 0 Å². The predicted molar refractivity (Wildman–Crippen MR) is 85.1 cm³/mol. The second kappa shape index (κ2) is 6.23. The lowest BCUT2D eigenvalue weighted by Crippen LogP contribution is -2.45. The van der Waals surface area contributed by atoms with Gasteiger partial charge in [0.2, 0.25) is 5.91 Å². The second-order valence-corrected chi connectivity index (χ2v) is 6.45. The van der Waals surface area contributed by atoms with Crippen LogP contribution in [-0.4, -0.2) is 39.9 Å². The Morgan fingerprint density at radius 1 is 1.35 bits per heavy atom. The van der Waals surface area contributed by atoms with Crippen LogP contribution in [0.1, 0.15) is 27.2 Å². The molecule has 0 saturated carbocycles. The van der Waals surface area contributed by atoms with E-state index in [2.05, 4.69) is 10.6 Å². The van der Waals surface area contributed by atoms with E-state index in [0.29, 0.717) is 6.54 Å². The number of nitrogens with one attached hydrogen (secondary N) is 2. The molecule has 0 spiro atoms. The van der Waals surface area contributed by atoms with Gasteiger partial charge in [0.25, 0.3) is 5.69 Å². The van der Waals surface area contributed by atoms with Gasteiger partial charge in [0, 0.05) is 24.6 Å². The highest BCUT2D eigenvalue weighted by Crippen LogP contribution is 2.24. The summed E-state index contributed by atoms with van der Waals surface area (Å²) in [6.45, 7) is 6.22. The molecule has 1 aliphatic rings. The first-order chi connectivity index (χ1) is 10.7. The minimum Gasteiger partial charge on any atom is -0.336 e. The van der Waals surface area contributed by atoms with Crippen LogP contribution in [0.2, 0.25) is 0 Å². The van der Waals surface area contributed by atoms with Crippen LogP contribution in [0.4, 0.5) is 16.2 Å². The number of hydrogen-bond acceptors (Lipinski definition) is 4. The topological polar surface area (TPSA) is 105 Å². The number of anilines is 1. The molecule has 1 aromatic carbocycles. The van der Waals surface area contributed by atoms with E-state index >= 15 is 0 Å². The summed E-state index contributed by atoms with van der Waals surface area (Å²) in [5.41, 5.74) is -0.365. The van der Waals surface area contributed by atoms with Crippen LogP contribution in [0.15, 0.2) is 24.3 Å². The van der Waals surface area contributed by atoms with Crippen LogP contribution < -0.4 is 10.6 Å². The van der Waals surface area contributed by atoms with Crippen LogP contribution >= 0.6 is 0 Å². The summed E-state index contributed by atoms with van der Waals surface area (Å²) in [4.78, 5) is 36.1. The van der Waals surface area contributed by atoms with E-state index in [1.165, 1.54) is 18.2 Å². The first kappa shape index (κ1) is 16.7. The molecule has 124 valence electrons. The van der Waals surface area contributed by atoms with E-state index in [1.807, 2.05) is 20.8 Å². The molecular formula is C15H20N4O4.